The summed E-state index contributed by atoms with van der Waals surface area (Å²) in [7, 11) is 0. The molecule has 62 valence electrons. The van der Waals surface area contributed by atoms with Crippen LogP contribution >= 0.6 is 0 Å². The maximum absolute atomic E-state index is 9.41. The van der Waals surface area contributed by atoms with Crippen LogP contribution in [0.2, 0.25) is 0 Å². The van der Waals surface area contributed by atoms with E-state index in [1.165, 1.54) is 0 Å². The number of rotatable bonds is 2. The molecule has 6 heteroatoms. The van der Waals surface area contributed by atoms with E-state index in [2.05, 4.69) is 6.58 Å². The van der Waals surface area contributed by atoms with E-state index >= 15 is 0 Å². The number of aliphatic carboxylic acids is 2. The van der Waals surface area contributed by atoms with Crippen molar-refractivity contribution >= 4 is 11.9 Å². The van der Waals surface area contributed by atoms with Crippen LogP contribution in [0.1, 0.15) is 6.92 Å². The predicted molar refractivity (Wildman–Crippen MR) is 35.0 cm³/mol. The molecule has 0 radical (unpaired) electrons. The first-order valence-corrected chi connectivity index (χ1v) is 2.71. The number of carbonyl (C=O) groups excluding carboxylic acids is 2. The molecule has 0 N–H and O–H groups in total. The van der Waals surface area contributed by atoms with Gasteiger partial charge < -0.3 is 19.8 Å². The van der Waals surface area contributed by atoms with E-state index in [1.54, 1.807) is 6.08 Å². The summed E-state index contributed by atoms with van der Waals surface area (Å²) >= 11 is 0. The maximum Gasteiger partial charge on any atom is 1.00 e. The topological polar surface area (TPSA) is 80.3 Å². The van der Waals surface area contributed by atoms with Gasteiger partial charge >= 0.3 is 59.1 Å². The van der Waals surface area contributed by atoms with Gasteiger partial charge in [0.1, 0.15) is 0 Å². The van der Waals surface area contributed by atoms with Crippen LogP contribution in [-0.2, 0) is 9.59 Å². The molecule has 0 fully saturated rings. The molecule has 0 aromatic heterocycles. The molecule has 0 aromatic carbocycles. The third-order valence-electron chi connectivity index (χ3n) is 0.355. The van der Waals surface area contributed by atoms with Crippen LogP contribution in [0.5, 0.6) is 0 Å². The second-order valence-electron chi connectivity index (χ2n) is 1.38. The third kappa shape index (κ3) is 45.9. The van der Waals surface area contributed by atoms with Crippen LogP contribution in [0.3, 0.4) is 0 Å². The molecule has 4 nitrogen and oxygen atoms in total. The standard InChI is InChI=1S/C4H4O4.C3H6.2Na/c5-3(6)1-2-4(7)8;1-3-2;;/h1-2H,(H,5,6)(H,7,8);3H,1H2,2H3;;/q;;2*+1/p-2/b2-1-;;;. The molecule has 0 aliphatic heterocycles. The summed E-state index contributed by atoms with van der Waals surface area (Å²) in [4.78, 5) is 18.8. The zero-order valence-electron chi connectivity index (χ0n) is 8.07. The van der Waals surface area contributed by atoms with Crippen LogP contribution in [0.4, 0.5) is 0 Å². The van der Waals surface area contributed by atoms with Crippen molar-refractivity contribution in [2.45, 2.75) is 6.92 Å². The Morgan fingerprint density at radius 2 is 1.23 bits per heavy atom. The molecule has 0 atom stereocenters. The average molecular weight is 202 g/mol. The van der Waals surface area contributed by atoms with Gasteiger partial charge in [-0.2, -0.15) is 0 Å². The van der Waals surface area contributed by atoms with Crippen LogP contribution in [0.15, 0.2) is 24.8 Å². The van der Waals surface area contributed by atoms with Gasteiger partial charge in [0.15, 0.2) is 0 Å². The van der Waals surface area contributed by atoms with Crippen molar-refractivity contribution in [3.8, 4) is 0 Å². The second kappa shape index (κ2) is 18.3. The van der Waals surface area contributed by atoms with Crippen LogP contribution in [0.25, 0.3) is 0 Å². The van der Waals surface area contributed by atoms with Gasteiger partial charge in [0, 0.05) is 0 Å². The predicted octanol–water partition coefficient (Wildman–Crippen LogP) is -7.76. The van der Waals surface area contributed by atoms with Gasteiger partial charge in [-0.05, 0) is 19.1 Å². The first-order valence-electron chi connectivity index (χ1n) is 2.71. The number of carboxylic acid groups (broad SMARTS) is 2. The van der Waals surface area contributed by atoms with Gasteiger partial charge in [-0.25, -0.2) is 0 Å². The quantitative estimate of drug-likeness (QED) is 0.253. The van der Waals surface area contributed by atoms with E-state index in [0.29, 0.717) is 12.2 Å². The Labute approximate surface area is 121 Å². The van der Waals surface area contributed by atoms with E-state index in [0.717, 1.165) is 0 Å². The molecule has 0 aliphatic carbocycles. The van der Waals surface area contributed by atoms with E-state index in [1.807, 2.05) is 6.92 Å². The number of carboxylic acids is 2. The van der Waals surface area contributed by atoms with E-state index < -0.39 is 11.9 Å². The zero-order chi connectivity index (χ0) is 9.28. The second-order valence-corrected chi connectivity index (χ2v) is 1.38. The summed E-state index contributed by atoms with van der Waals surface area (Å²) in [6.45, 7) is 5.25. The van der Waals surface area contributed by atoms with Crippen LogP contribution < -0.4 is 69.3 Å². The van der Waals surface area contributed by atoms with Crippen molar-refractivity contribution in [3.63, 3.8) is 0 Å². The average Bonchev–Trinajstić information content (AvgIpc) is 1.85. The molecule has 0 unspecified atom stereocenters. The minimum absolute atomic E-state index is 0. The van der Waals surface area contributed by atoms with Crippen LogP contribution in [-0.4, -0.2) is 11.9 Å². The number of hydrogen-bond acceptors (Lipinski definition) is 4. The Kier molecular flexibility index (Phi) is 32.8. The summed E-state index contributed by atoms with van der Waals surface area (Å²) in [5.41, 5.74) is 0. The Morgan fingerprint density at radius 3 is 1.31 bits per heavy atom. The fourth-order valence-corrected chi connectivity index (χ4v) is 0.136. The van der Waals surface area contributed by atoms with Crippen molar-refractivity contribution in [1.82, 2.24) is 0 Å². The fourth-order valence-electron chi connectivity index (χ4n) is 0.136. The number of hydrogen-bond donors (Lipinski definition) is 0. The minimum atomic E-state index is -1.55. The molecular weight excluding hydrogens is 194 g/mol. The summed E-state index contributed by atoms with van der Waals surface area (Å²) in [6.07, 6.45) is 2.52. The molecule has 0 saturated heterocycles. The molecule has 0 aliphatic rings. The Balaban J connectivity index is -0.0000000720. The summed E-state index contributed by atoms with van der Waals surface area (Å²) < 4.78 is 0. The van der Waals surface area contributed by atoms with Gasteiger partial charge in [0.25, 0.3) is 0 Å². The van der Waals surface area contributed by atoms with E-state index in [9.17, 15) is 19.8 Å². The normalized spacial score (nSPS) is 6.85. The van der Waals surface area contributed by atoms with Gasteiger partial charge in [-0.15, -0.1) is 6.58 Å². The van der Waals surface area contributed by atoms with Crippen molar-refractivity contribution in [2.75, 3.05) is 0 Å². The first-order chi connectivity index (χ1) is 5.04. The molecule has 0 spiro atoms. The van der Waals surface area contributed by atoms with Crippen molar-refractivity contribution < 1.29 is 78.9 Å². The maximum atomic E-state index is 9.41. The van der Waals surface area contributed by atoms with Gasteiger partial charge in [0.05, 0.1) is 11.9 Å². The molecule has 0 aromatic rings. The Morgan fingerprint density at radius 1 is 1.08 bits per heavy atom. The van der Waals surface area contributed by atoms with Crippen LogP contribution in [0, 0.1) is 0 Å². The number of allylic oxidation sites excluding steroid dienone is 1. The number of carbonyl (C=O) groups is 2. The van der Waals surface area contributed by atoms with E-state index in [-0.39, 0.29) is 59.1 Å². The SMILES string of the molecule is C=CC.O=C([O-])/C=C\C(=O)[O-].[Na+].[Na+]. The molecule has 0 heterocycles. The minimum Gasteiger partial charge on any atom is -0.545 e. The summed E-state index contributed by atoms with van der Waals surface area (Å²) in [6, 6.07) is 0. The molecule has 13 heavy (non-hydrogen) atoms. The third-order valence-corrected chi connectivity index (χ3v) is 0.355. The summed E-state index contributed by atoms with van der Waals surface area (Å²) in [5.74, 6) is -3.09. The van der Waals surface area contributed by atoms with E-state index in [4.69, 9.17) is 0 Å². The van der Waals surface area contributed by atoms with Gasteiger partial charge in [-0.3, -0.25) is 0 Å². The largest absolute Gasteiger partial charge is 1.00 e. The fraction of sp³-hybridized carbons (Fsp3) is 0.143. The van der Waals surface area contributed by atoms with Gasteiger partial charge in [0.2, 0.25) is 0 Å². The first kappa shape index (κ1) is 23.3. The summed E-state index contributed by atoms with van der Waals surface area (Å²) in [5, 5.41) is 18.8. The molecule has 0 bridgehead atoms. The molecular formula is C7H8Na2O4. The van der Waals surface area contributed by atoms with Crippen molar-refractivity contribution in [3.05, 3.63) is 24.8 Å². The van der Waals surface area contributed by atoms with Crippen molar-refractivity contribution in [2.24, 2.45) is 0 Å². The smallest absolute Gasteiger partial charge is 0.545 e. The monoisotopic (exact) mass is 202 g/mol. The Bertz CT molecular complexity index is 161. The van der Waals surface area contributed by atoms with Crippen molar-refractivity contribution in [1.29, 1.82) is 0 Å². The molecule has 0 saturated carbocycles. The molecule has 0 amide bonds. The van der Waals surface area contributed by atoms with Gasteiger partial charge in [-0.1, -0.05) is 6.08 Å². The molecule has 0 rings (SSSR count). The Hall–Kier alpha value is 0.420. The zero-order valence-corrected chi connectivity index (χ0v) is 12.1.